The first kappa shape index (κ1) is 22.4. The third-order valence-corrected chi connectivity index (χ3v) is 5.78. The molecule has 8 heteroatoms. The molecule has 172 valence electrons. The van der Waals surface area contributed by atoms with Crippen molar-refractivity contribution in [1.29, 1.82) is 0 Å². The van der Waals surface area contributed by atoms with Crippen LogP contribution in [0, 0.1) is 0 Å². The van der Waals surface area contributed by atoms with Crippen molar-refractivity contribution in [1.82, 2.24) is 15.5 Å². The molecule has 33 heavy (non-hydrogen) atoms. The maximum absolute atomic E-state index is 13.3. The van der Waals surface area contributed by atoms with Gasteiger partial charge in [-0.2, -0.15) is 0 Å². The van der Waals surface area contributed by atoms with Crippen LogP contribution in [-0.2, 0) is 4.79 Å². The van der Waals surface area contributed by atoms with E-state index in [0.717, 1.165) is 16.9 Å². The van der Waals surface area contributed by atoms with Crippen LogP contribution in [0.15, 0.2) is 42.5 Å². The second-order valence-electron chi connectivity index (χ2n) is 8.51. The molecule has 4 rings (SSSR count). The van der Waals surface area contributed by atoms with E-state index < -0.39 is 12.1 Å². The number of carbonyl (C=O) groups is 3. The van der Waals surface area contributed by atoms with Crippen LogP contribution in [0.5, 0.6) is 5.75 Å². The summed E-state index contributed by atoms with van der Waals surface area (Å²) < 4.78 is 5.18. The van der Waals surface area contributed by atoms with Gasteiger partial charge in [0, 0.05) is 12.6 Å². The maximum Gasteiger partial charge on any atom is 0.315 e. The summed E-state index contributed by atoms with van der Waals surface area (Å²) in [5.41, 5.74) is 2.76. The van der Waals surface area contributed by atoms with Crippen LogP contribution in [0.1, 0.15) is 41.8 Å². The van der Waals surface area contributed by atoms with Gasteiger partial charge in [-0.1, -0.05) is 30.4 Å². The van der Waals surface area contributed by atoms with E-state index in [1.165, 1.54) is 0 Å². The molecule has 2 aliphatic rings. The predicted octanol–water partition coefficient (Wildman–Crippen LogP) is 3.11. The highest BCUT2D eigenvalue weighted by Gasteiger charge is 2.45. The highest BCUT2D eigenvalue weighted by Crippen LogP contribution is 2.30. The first-order chi connectivity index (χ1) is 15.9. The Morgan fingerprint density at radius 3 is 2.52 bits per heavy atom. The maximum atomic E-state index is 13.3. The van der Waals surface area contributed by atoms with Crippen LogP contribution in [-0.4, -0.2) is 54.5 Å². The van der Waals surface area contributed by atoms with Crippen molar-refractivity contribution in [2.75, 3.05) is 19.0 Å². The van der Waals surface area contributed by atoms with Gasteiger partial charge < -0.3 is 25.6 Å². The molecule has 0 radical (unpaired) electrons. The number of methoxy groups -OCH3 is 1. The molecule has 1 saturated heterocycles. The SMILES string of the molecule is COc1ccc(/C=C/c2ccc3c(c2)C(=O)N2CC[C@H](NC(=O)NC(C)C)[C@H]2C(=O)N3)cc1. The molecule has 2 aromatic carbocycles. The van der Waals surface area contributed by atoms with Gasteiger partial charge >= 0.3 is 6.03 Å². The highest BCUT2D eigenvalue weighted by atomic mass is 16.5. The summed E-state index contributed by atoms with van der Waals surface area (Å²) in [6.07, 6.45) is 4.39. The van der Waals surface area contributed by atoms with E-state index in [1.807, 2.05) is 56.3 Å². The lowest BCUT2D eigenvalue weighted by Gasteiger charge is -2.25. The summed E-state index contributed by atoms with van der Waals surface area (Å²) in [7, 11) is 1.62. The number of carbonyl (C=O) groups excluding carboxylic acids is 3. The molecule has 2 aromatic rings. The molecule has 0 aromatic heterocycles. The van der Waals surface area contributed by atoms with Gasteiger partial charge in [0.2, 0.25) is 5.91 Å². The minimum Gasteiger partial charge on any atom is -0.497 e. The van der Waals surface area contributed by atoms with E-state index >= 15 is 0 Å². The number of ether oxygens (including phenoxy) is 1. The monoisotopic (exact) mass is 448 g/mol. The van der Waals surface area contributed by atoms with Crippen LogP contribution in [0.3, 0.4) is 0 Å². The average molecular weight is 449 g/mol. The Labute approximate surface area is 193 Å². The topological polar surface area (TPSA) is 99.8 Å². The Hall–Kier alpha value is -3.81. The van der Waals surface area contributed by atoms with Gasteiger partial charge in [-0.15, -0.1) is 0 Å². The quantitative estimate of drug-likeness (QED) is 0.612. The number of hydrogen-bond donors (Lipinski definition) is 3. The van der Waals surface area contributed by atoms with E-state index in [-0.39, 0.29) is 23.9 Å². The minimum atomic E-state index is -0.749. The number of amides is 4. The van der Waals surface area contributed by atoms with Crippen LogP contribution in [0.4, 0.5) is 10.5 Å². The Kier molecular flexibility index (Phi) is 6.35. The molecule has 8 nitrogen and oxygen atoms in total. The van der Waals surface area contributed by atoms with Crippen molar-refractivity contribution in [3.63, 3.8) is 0 Å². The summed E-state index contributed by atoms with van der Waals surface area (Å²) in [4.78, 5) is 40.0. The zero-order valence-corrected chi connectivity index (χ0v) is 18.9. The third kappa shape index (κ3) is 4.84. The van der Waals surface area contributed by atoms with Crippen molar-refractivity contribution in [2.45, 2.75) is 38.4 Å². The summed E-state index contributed by atoms with van der Waals surface area (Å²) >= 11 is 0. The van der Waals surface area contributed by atoms with E-state index in [1.54, 1.807) is 24.1 Å². The molecule has 2 atom stereocenters. The lowest BCUT2D eigenvalue weighted by atomic mass is 10.1. The lowest BCUT2D eigenvalue weighted by Crippen LogP contribution is -2.54. The van der Waals surface area contributed by atoms with Gasteiger partial charge in [-0.25, -0.2) is 4.79 Å². The van der Waals surface area contributed by atoms with Crippen molar-refractivity contribution < 1.29 is 19.1 Å². The summed E-state index contributed by atoms with van der Waals surface area (Å²) in [6.45, 7) is 4.12. The van der Waals surface area contributed by atoms with Crippen molar-refractivity contribution in [2.24, 2.45) is 0 Å². The zero-order chi connectivity index (χ0) is 23.5. The number of rotatable bonds is 5. The zero-order valence-electron chi connectivity index (χ0n) is 18.9. The first-order valence-electron chi connectivity index (χ1n) is 11.0. The molecule has 1 fully saturated rings. The smallest absolute Gasteiger partial charge is 0.315 e. The highest BCUT2D eigenvalue weighted by molar-refractivity contribution is 6.11. The number of fused-ring (bicyclic) bond motifs is 2. The number of anilines is 1. The molecule has 2 heterocycles. The number of urea groups is 1. The fraction of sp³-hybridized carbons (Fsp3) is 0.320. The van der Waals surface area contributed by atoms with Gasteiger partial charge in [0.05, 0.1) is 24.4 Å². The number of nitrogens with zero attached hydrogens (tertiary/aromatic N) is 1. The Morgan fingerprint density at radius 1 is 1.12 bits per heavy atom. The second kappa shape index (κ2) is 9.36. The van der Waals surface area contributed by atoms with Gasteiger partial charge in [0.15, 0.2) is 0 Å². The average Bonchev–Trinajstić information content (AvgIpc) is 3.16. The molecule has 0 bridgehead atoms. The normalized spacial score (nSPS) is 19.7. The van der Waals surface area contributed by atoms with Gasteiger partial charge in [0.25, 0.3) is 5.91 Å². The number of nitrogens with one attached hydrogen (secondary N) is 3. The summed E-state index contributed by atoms with van der Waals surface area (Å²) in [6, 6.07) is 11.5. The van der Waals surface area contributed by atoms with E-state index in [0.29, 0.717) is 24.2 Å². The Morgan fingerprint density at radius 2 is 1.82 bits per heavy atom. The molecule has 2 aliphatic heterocycles. The van der Waals surface area contributed by atoms with Crippen molar-refractivity contribution >= 4 is 35.7 Å². The standard InChI is InChI=1S/C25H28N4O4/c1-15(2)26-25(32)28-21-12-13-29-22(21)23(30)27-20-11-8-17(14-19(20)24(29)31)5-4-16-6-9-18(33-3)10-7-16/h4-11,14-15,21-22H,12-13H2,1-3H3,(H,27,30)(H2,26,28,32)/b5-4+/t21-,22-/m0/s1. The van der Waals surface area contributed by atoms with Crippen LogP contribution >= 0.6 is 0 Å². The summed E-state index contributed by atoms with van der Waals surface area (Å²) in [5.74, 6) is 0.269. The lowest BCUT2D eigenvalue weighted by molar-refractivity contribution is -0.120. The number of hydrogen-bond acceptors (Lipinski definition) is 4. The molecule has 4 amide bonds. The van der Waals surface area contributed by atoms with Crippen molar-refractivity contribution in [3.05, 3.63) is 59.2 Å². The largest absolute Gasteiger partial charge is 0.497 e. The molecule has 3 N–H and O–H groups in total. The van der Waals surface area contributed by atoms with E-state index in [4.69, 9.17) is 4.74 Å². The van der Waals surface area contributed by atoms with Crippen molar-refractivity contribution in [3.8, 4) is 5.75 Å². The van der Waals surface area contributed by atoms with Crippen LogP contribution in [0.25, 0.3) is 12.2 Å². The van der Waals surface area contributed by atoms with E-state index in [2.05, 4.69) is 16.0 Å². The third-order valence-electron chi connectivity index (χ3n) is 5.78. The van der Waals surface area contributed by atoms with Gasteiger partial charge in [0.1, 0.15) is 11.8 Å². The molecule has 0 unspecified atom stereocenters. The Balaban J connectivity index is 1.54. The number of benzene rings is 2. The minimum absolute atomic E-state index is 0.0271. The summed E-state index contributed by atoms with van der Waals surface area (Å²) in [5, 5.41) is 8.48. The second-order valence-corrected chi connectivity index (χ2v) is 8.51. The predicted molar refractivity (Wildman–Crippen MR) is 127 cm³/mol. The van der Waals surface area contributed by atoms with Crippen LogP contribution < -0.4 is 20.7 Å². The van der Waals surface area contributed by atoms with E-state index in [9.17, 15) is 14.4 Å². The Bertz CT molecular complexity index is 1090. The fourth-order valence-corrected chi connectivity index (χ4v) is 4.19. The van der Waals surface area contributed by atoms with Gasteiger partial charge in [-0.05, 0) is 55.7 Å². The molecular formula is C25H28N4O4. The first-order valence-corrected chi connectivity index (χ1v) is 11.0. The molecular weight excluding hydrogens is 420 g/mol. The molecule has 0 aliphatic carbocycles. The molecule has 0 spiro atoms. The van der Waals surface area contributed by atoms with Gasteiger partial charge in [-0.3, -0.25) is 9.59 Å². The van der Waals surface area contributed by atoms with Crippen LogP contribution in [0.2, 0.25) is 0 Å². The molecule has 0 saturated carbocycles. The fourth-order valence-electron chi connectivity index (χ4n) is 4.19.